The fourth-order valence-electron chi connectivity index (χ4n) is 2.01. The van der Waals surface area contributed by atoms with Gasteiger partial charge in [-0.05, 0) is 41.0 Å². The number of phenols is 1. The highest BCUT2D eigenvalue weighted by Crippen LogP contribution is 2.23. The first-order valence-corrected chi connectivity index (χ1v) is 7.87. The van der Waals surface area contributed by atoms with Gasteiger partial charge in [0.05, 0.1) is 0 Å². The lowest BCUT2D eigenvalue weighted by Crippen LogP contribution is -2.10. The van der Waals surface area contributed by atoms with E-state index in [0.717, 1.165) is 0 Å². The van der Waals surface area contributed by atoms with E-state index in [-0.39, 0.29) is 10.8 Å². The number of benzene rings is 2. The standard InChI is InChI=1S/C11H16.C10H14O/c1-9-5-7-10(8-6-9)11(2,3)4;1-10(2,3)8-4-6-9(11)7-5-8/h5-8H,1-4H3;4-7,11H,1-3H3. The van der Waals surface area contributed by atoms with Crippen molar-refractivity contribution in [2.45, 2.75) is 59.3 Å². The maximum absolute atomic E-state index is 9.02. The largest absolute Gasteiger partial charge is 0.508 e. The topological polar surface area (TPSA) is 20.2 Å². The zero-order valence-electron chi connectivity index (χ0n) is 15.1. The lowest BCUT2D eigenvalue weighted by molar-refractivity contribution is 0.474. The molecule has 0 heterocycles. The molecule has 0 amide bonds. The Morgan fingerprint density at radius 2 is 0.909 bits per heavy atom. The Morgan fingerprint density at radius 1 is 0.591 bits per heavy atom. The van der Waals surface area contributed by atoms with E-state index in [1.54, 1.807) is 12.1 Å². The molecule has 0 unspecified atom stereocenters. The van der Waals surface area contributed by atoms with E-state index < -0.39 is 0 Å². The van der Waals surface area contributed by atoms with Crippen molar-refractivity contribution >= 4 is 0 Å². The van der Waals surface area contributed by atoms with Crippen molar-refractivity contribution in [3.63, 3.8) is 0 Å². The van der Waals surface area contributed by atoms with Gasteiger partial charge in [0.15, 0.2) is 0 Å². The second kappa shape index (κ2) is 7.00. The maximum atomic E-state index is 9.02. The first-order chi connectivity index (χ1) is 10.00. The number of aryl methyl sites for hydroxylation is 1. The summed E-state index contributed by atoms with van der Waals surface area (Å²) in [7, 11) is 0. The van der Waals surface area contributed by atoms with Gasteiger partial charge in [-0.2, -0.15) is 0 Å². The highest BCUT2D eigenvalue weighted by atomic mass is 16.3. The second-order valence-corrected chi connectivity index (χ2v) is 7.91. The van der Waals surface area contributed by atoms with Crippen LogP contribution in [0.4, 0.5) is 0 Å². The fraction of sp³-hybridized carbons (Fsp3) is 0.429. The molecule has 0 fully saturated rings. The van der Waals surface area contributed by atoms with Crippen molar-refractivity contribution in [3.05, 3.63) is 65.2 Å². The lowest BCUT2D eigenvalue weighted by Gasteiger charge is -2.18. The van der Waals surface area contributed by atoms with Crippen molar-refractivity contribution < 1.29 is 5.11 Å². The Morgan fingerprint density at radius 3 is 1.23 bits per heavy atom. The van der Waals surface area contributed by atoms with Crippen LogP contribution < -0.4 is 0 Å². The highest BCUT2D eigenvalue weighted by Gasteiger charge is 2.12. The van der Waals surface area contributed by atoms with Crippen LogP contribution in [0.5, 0.6) is 5.75 Å². The number of aromatic hydroxyl groups is 1. The van der Waals surface area contributed by atoms with Gasteiger partial charge in [0, 0.05) is 0 Å². The molecule has 1 heteroatoms. The van der Waals surface area contributed by atoms with Gasteiger partial charge in [-0.3, -0.25) is 0 Å². The predicted molar refractivity (Wildman–Crippen MR) is 96.7 cm³/mol. The first kappa shape index (κ1) is 18.3. The average Bonchev–Trinajstić information content (AvgIpc) is 2.38. The van der Waals surface area contributed by atoms with E-state index in [9.17, 15) is 0 Å². The fourth-order valence-corrected chi connectivity index (χ4v) is 2.01. The molecule has 22 heavy (non-hydrogen) atoms. The Balaban J connectivity index is 0.000000220. The molecule has 0 aromatic heterocycles. The van der Waals surface area contributed by atoms with Crippen molar-refractivity contribution in [1.82, 2.24) is 0 Å². The summed E-state index contributed by atoms with van der Waals surface area (Å²) >= 11 is 0. The minimum atomic E-state index is 0.174. The zero-order chi connectivity index (χ0) is 17.0. The summed E-state index contributed by atoms with van der Waals surface area (Å²) in [6.07, 6.45) is 0. The summed E-state index contributed by atoms with van der Waals surface area (Å²) < 4.78 is 0. The normalized spacial score (nSPS) is 11.6. The van der Waals surface area contributed by atoms with Crippen LogP contribution in [0.25, 0.3) is 0 Å². The molecule has 0 saturated heterocycles. The molecule has 1 N–H and O–H groups in total. The molecule has 1 nitrogen and oxygen atoms in total. The van der Waals surface area contributed by atoms with Crippen LogP contribution in [-0.4, -0.2) is 5.11 Å². The molecule has 2 rings (SSSR count). The molecule has 0 atom stereocenters. The van der Waals surface area contributed by atoms with E-state index >= 15 is 0 Å². The second-order valence-electron chi connectivity index (χ2n) is 7.91. The quantitative estimate of drug-likeness (QED) is 0.634. The number of rotatable bonds is 0. The molecule has 0 radical (unpaired) electrons. The van der Waals surface area contributed by atoms with Crippen molar-refractivity contribution in [2.24, 2.45) is 0 Å². The third kappa shape index (κ3) is 5.93. The summed E-state index contributed by atoms with van der Waals surface area (Å²) in [5.74, 6) is 0.331. The van der Waals surface area contributed by atoms with Crippen LogP contribution in [0.15, 0.2) is 48.5 Å². The molecule has 0 saturated carbocycles. The smallest absolute Gasteiger partial charge is 0.115 e. The summed E-state index contributed by atoms with van der Waals surface area (Å²) in [4.78, 5) is 0. The van der Waals surface area contributed by atoms with Gasteiger partial charge in [0.2, 0.25) is 0 Å². The van der Waals surface area contributed by atoms with E-state index in [4.69, 9.17) is 5.11 Å². The number of hydrogen-bond donors (Lipinski definition) is 1. The summed E-state index contributed by atoms with van der Waals surface area (Å²) in [6, 6.07) is 16.1. The minimum Gasteiger partial charge on any atom is -0.508 e. The average molecular weight is 298 g/mol. The third-order valence-electron chi connectivity index (χ3n) is 3.65. The first-order valence-electron chi connectivity index (χ1n) is 7.87. The Bertz CT molecular complexity index is 508. The molecule has 2 aromatic carbocycles. The number of hydrogen-bond acceptors (Lipinski definition) is 1. The molecule has 120 valence electrons. The van der Waals surface area contributed by atoms with Gasteiger partial charge in [-0.1, -0.05) is 83.5 Å². The molecule has 0 bridgehead atoms. The molecule has 0 spiro atoms. The summed E-state index contributed by atoms with van der Waals surface area (Å²) in [5.41, 5.74) is 4.44. The zero-order valence-corrected chi connectivity index (χ0v) is 15.1. The summed E-state index contributed by atoms with van der Waals surface area (Å²) in [6.45, 7) is 15.3. The van der Waals surface area contributed by atoms with Gasteiger partial charge in [-0.15, -0.1) is 0 Å². The molecular formula is C21H30O. The van der Waals surface area contributed by atoms with E-state index in [1.165, 1.54) is 16.7 Å². The monoisotopic (exact) mass is 298 g/mol. The van der Waals surface area contributed by atoms with Crippen LogP contribution in [-0.2, 0) is 10.8 Å². The molecule has 0 aliphatic heterocycles. The van der Waals surface area contributed by atoms with Crippen LogP contribution in [0.3, 0.4) is 0 Å². The molecule has 2 aromatic rings. The van der Waals surface area contributed by atoms with Crippen molar-refractivity contribution in [1.29, 1.82) is 0 Å². The van der Waals surface area contributed by atoms with E-state index in [0.29, 0.717) is 5.75 Å². The van der Waals surface area contributed by atoms with Crippen LogP contribution in [0, 0.1) is 6.92 Å². The van der Waals surface area contributed by atoms with E-state index in [1.807, 2.05) is 12.1 Å². The highest BCUT2D eigenvalue weighted by molar-refractivity contribution is 5.30. The van der Waals surface area contributed by atoms with Crippen LogP contribution in [0.2, 0.25) is 0 Å². The predicted octanol–water partition coefficient (Wildman–Crippen LogP) is 5.98. The van der Waals surface area contributed by atoms with Gasteiger partial charge < -0.3 is 5.11 Å². The Kier molecular flexibility index (Phi) is 5.82. The van der Waals surface area contributed by atoms with Gasteiger partial charge in [0.25, 0.3) is 0 Å². The van der Waals surface area contributed by atoms with Crippen molar-refractivity contribution in [2.75, 3.05) is 0 Å². The van der Waals surface area contributed by atoms with Crippen LogP contribution in [0.1, 0.15) is 58.2 Å². The maximum Gasteiger partial charge on any atom is 0.115 e. The van der Waals surface area contributed by atoms with Gasteiger partial charge in [-0.25, -0.2) is 0 Å². The molecular weight excluding hydrogens is 268 g/mol. The Hall–Kier alpha value is -1.76. The SMILES string of the molecule is CC(C)(C)c1ccc(O)cc1.Cc1ccc(C(C)(C)C)cc1. The lowest BCUT2D eigenvalue weighted by atomic mass is 9.87. The summed E-state index contributed by atoms with van der Waals surface area (Å²) in [5, 5.41) is 9.02. The van der Waals surface area contributed by atoms with Gasteiger partial charge in [0.1, 0.15) is 5.75 Å². The van der Waals surface area contributed by atoms with Gasteiger partial charge >= 0.3 is 0 Å². The number of phenolic OH excluding ortho intramolecular Hbond substituents is 1. The third-order valence-corrected chi connectivity index (χ3v) is 3.65. The van der Waals surface area contributed by atoms with Crippen LogP contribution >= 0.6 is 0 Å². The molecule has 0 aliphatic rings. The molecule has 0 aliphatic carbocycles. The van der Waals surface area contributed by atoms with E-state index in [2.05, 4.69) is 72.7 Å². The van der Waals surface area contributed by atoms with Crippen molar-refractivity contribution in [3.8, 4) is 5.75 Å². The Labute approximate surface area is 136 Å². The minimum absolute atomic E-state index is 0.174.